The highest BCUT2D eigenvalue weighted by Crippen LogP contribution is 2.40. The van der Waals surface area contributed by atoms with E-state index in [2.05, 4.69) is 36.4 Å². The van der Waals surface area contributed by atoms with Gasteiger partial charge in [0.1, 0.15) is 38.5 Å². The van der Waals surface area contributed by atoms with E-state index in [-0.39, 0.29) is 11.6 Å². The van der Waals surface area contributed by atoms with Crippen molar-refractivity contribution in [3.05, 3.63) is 121 Å². The van der Waals surface area contributed by atoms with Gasteiger partial charge in [0.05, 0.1) is 11.3 Å². The molecule has 2 aromatic heterocycles. The Morgan fingerprint density at radius 1 is 0.524 bits per heavy atom. The topological polar surface area (TPSA) is 26.0 Å². The Morgan fingerprint density at radius 3 is 1.74 bits per heavy atom. The molecule has 2 nitrogen and oxygen atoms in total. The lowest BCUT2D eigenvalue weighted by atomic mass is 9.78. The van der Waals surface area contributed by atoms with Crippen LogP contribution in [0.25, 0.3) is 66.6 Å². The predicted molar refractivity (Wildman–Crippen MR) is 178 cm³/mol. The van der Waals surface area contributed by atoms with E-state index in [1.54, 1.807) is 29.6 Å². The molecule has 0 spiro atoms. The average Bonchev–Trinajstić information content (AvgIpc) is 3.41. The van der Waals surface area contributed by atoms with E-state index >= 15 is 8.78 Å². The Labute approximate surface area is 245 Å². The third kappa shape index (κ3) is 4.24. The van der Waals surface area contributed by atoms with Crippen molar-refractivity contribution in [2.45, 2.75) is 0 Å². The fourth-order valence-electron chi connectivity index (χ4n) is 5.75. The molecule has 0 N–H and O–H groups in total. The van der Waals surface area contributed by atoms with Crippen molar-refractivity contribution in [2.24, 2.45) is 0 Å². The summed E-state index contributed by atoms with van der Waals surface area (Å²) in [5.74, 6) is -0.637. The van der Waals surface area contributed by atoms with Gasteiger partial charge >= 0.3 is 0 Å². The molecule has 7 aromatic rings. The maximum Gasteiger partial charge on any atom is 0.163 e. The van der Waals surface area contributed by atoms with Crippen LogP contribution in [-0.4, -0.2) is 28.5 Å². The third-order valence-corrected chi connectivity index (χ3v) is 8.21. The maximum atomic E-state index is 15.5. The third-order valence-electron chi connectivity index (χ3n) is 8.21. The molecule has 0 radical (unpaired) electrons. The minimum atomic E-state index is -0.366. The zero-order chi connectivity index (χ0) is 29.0. The summed E-state index contributed by atoms with van der Waals surface area (Å²) in [6, 6.07) is 35.5. The maximum absolute atomic E-state index is 15.5. The van der Waals surface area contributed by atoms with Crippen LogP contribution in [0.1, 0.15) is 0 Å². The van der Waals surface area contributed by atoms with Crippen LogP contribution >= 0.6 is 0 Å². The van der Waals surface area contributed by atoms with Crippen molar-refractivity contribution in [1.29, 1.82) is 0 Å². The number of fused-ring (bicyclic) bond motifs is 3. The van der Waals surface area contributed by atoms with Gasteiger partial charge in [-0.3, -0.25) is 4.98 Å². The molecule has 0 amide bonds. The SMILES string of the molecule is Bc1nc(-c2cccc3c2oc2c(-c4ccc(-c5ccc(-c6ccccc6)cc5)cc4)c(F)ccc23)c(B)c(F)c1B. The van der Waals surface area contributed by atoms with Crippen molar-refractivity contribution in [1.82, 2.24) is 4.98 Å². The van der Waals surface area contributed by atoms with Crippen molar-refractivity contribution in [3.8, 4) is 44.6 Å². The van der Waals surface area contributed by atoms with E-state index in [0.717, 1.165) is 33.0 Å². The Kier molecular flexibility index (Phi) is 6.31. The number of para-hydroxylation sites is 1. The minimum absolute atomic E-state index is 0.271. The van der Waals surface area contributed by atoms with Crippen molar-refractivity contribution in [3.63, 3.8) is 0 Å². The lowest BCUT2D eigenvalue weighted by molar-refractivity contribution is 0.622. The number of aromatic nitrogens is 1. The highest BCUT2D eigenvalue weighted by atomic mass is 19.1. The molecule has 7 rings (SSSR count). The summed E-state index contributed by atoms with van der Waals surface area (Å²) >= 11 is 0. The van der Waals surface area contributed by atoms with E-state index in [4.69, 9.17) is 9.40 Å². The number of pyridine rings is 1. The summed E-state index contributed by atoms with van der Waals surface area (Å²) < 4.78 is 36.9. The zero-order valence-corrected chi connectivity index (χ0v) is 23.5. The van der Waals surface area contributed by atoms with Crippen LogP contribution in [-0.2, 0) is 0 Å². The van der Waals surface area contributed by atoms with E-state index in [9.17, 15) is 0 Å². The highest BCUT2D eigenvalue weighted by Gasteiger charge is 2.21. The largest absolute Gasteiger partial charge is 0.455 e. The van der Waals surface area contributed by atoms with Crippen LogP contribution < -0.4 is 16.5 Å². The molecule has 0 fully saturated rings. The summed E-state index contributed by atoms with van der Waals surface area (Å²) in [6.07, 6.45) is 0. The molecule has 5 aromatic carbocycles. The quantitative estimate of drug-likeness (QED) is 0.300. The molecule has 42 heavy (non-hydrogen) atoms. The molecule has 0 aliphatic carbocycles. The van der Waals surface area contributed by atoms with Crippen LogP contribution in [0.5, 0.6) is 0 Å². The minimum Gasteiger partial charge on any atom is -0.455 e. The number of furan rings is 1. The monoisotopic (exact) mass is 545 g/mol. The number of hydrogen-bond donors (Lipinski definition) is 0. The second-order valence-corrected chi connectivity index (χ2v) is 10.7. The normalized spacial score (nSPS) is 11.4. The standard InChI is InChI=1S/C35H24B3F2NO/c36-29-31(40)30(37)35(38)41-32(29)26-8-4-7-24-25-17-18-27(39)28(34(25)42-33(24)26)23-15-13-22(14-16-23)21-11-9-20(10-12-21)19-5-2-1-3-6-19/h1-18H,36-38H2. The first-order chi connectivity index (χ1) is 20.4. The average molecular weight is 545 g/mol. The molecule has 0 atom stereocenters. The molecule has 0 aliphatic rings. The molecule has 0 aliphatic heterocycles. The first-order valence-corrected chi connectivity index (χ1v) is 13.9. The van der Waals surface area contributed by atoms with Gasteiger partial charge in [-0.05, 0) is 62.5 Å². The van der Waals surface area contributed by atoms with Gasteiger partial charge in [0.15, 0.2) is 7.85 Å². The molecular formula is C35H24B3F2NO. The summed E-state index contributed by atoms with van der Waals surface area (Å²) in [5.41, 5.74) is 9.43. The van der Waals surface area contributed by atoms with Crippen LogP contribution in [0.2, 0.25) is 0 Å². The Balaban J connectivity index is 1.32. The summed E-state index contributed by atoms with van der Waals surface area (Å²) in [6.45, 7) is 0. The fraction of sp³-hybridized carbons (Fsp3) is 0. The highest BCUT2D eigenvalue weighted by molar-refractivity contribution is 6.50. The number of nitrogens with zero attached hydrogens (tertiary/aromatic N) is 1. The predicted octanol–water partition coefficient (Wildman–Crippen LogP) is 4.70. The molecule has 0 saturated heterocycles. The lowest BCUT2D eigenvalue weighted by Crippen LogP contribution is -2.38. The lowest BCUT2D eigenvalue weighted by Gasteiger charge is -2.12. The van der Waals surface area contributed by atoms with Crippen LogP contribution in [0, 0.1) is 11.6 Å². The second-order valence-electron chi connectivity index (χ2n) is 10.7. The smallest absolute Gasteiger partial charge is 0.163 e. The van der Waals surface area contributed by atoms with E-state index in [0.29, 0.717) is 44.5 Å². The number of hydrogen-bond acceptors (Lipinski definition) is 2. The molecule has 198 valence electrons. The fourth-order valence-corrected chi connectivity index (χ4v) is 5.75. The Morgan fingerprint density at radius 2 is 1.10 bits per heavy atom. The molecule has 0 saturated carbocycles. The molecule has 2 heterocycles. The van der Waals surface area contributed by atoms with Gasteiger partial charge in [-0.2, -0.15) is 0 Å². The van der Waals surface area contributed by atoms with Crippen molar-refractivity contribution >= 4 is 62.0 Å². The van der Waals surface area contributed by atoms with E-state index in [1.807, 2.05) is 60.7 Å². The van der Waals surface area contributed by atoms with Gasteiger partial charge in [-0.1, -0.05) is 91.0 Å². The number of halogens is 2. The van der Waals surface area contributed by atoms with Crippen molar-refractivity contribution < 1.29 is 13.2 Å². The van der Waals surface area contributed by atoms with Crippen LogP contribution in [0.15, 0.2) is 114 Å². The zero-order valence-electron chi connectivity index (χ0n) is 23.5. The number of benzene rings is 5. The first-order valence-electron chi connectivity index (χ1n) is 13.9. The number of rotatable bonds is 4. The summed E-state index contributed by atoms with van der Waals surface area (Å²) in [4.78, 5) is 4.71. The second kappa shape index (κ2) is 10.2. The molecule has 0 unspecified atom stereocenters. The Bertz CT molecular complexity index is 2120. The van der Waals surface area contributed by atoms with E-state index in [1.165, 1.54) is 11.6 Å². The van der Waals surface area contributed by atoms with Gasteiger partial charge in [0, 0.05) is 16.3 Å². The molecule has 7 heteroatoms. The van der Waals surface area contributed by atoms with Gasteiger partial charge in [0.2, 0.25) is 0 Å². The van der Waals surface area contributed by atoms with E-state index < -0.39 is 0 Å². The van der Waals surface area contributed by atoms with Gasteiger partial charge in [0.25, 0.3) is 0 Å². The van der Waals surface area contributed by atoms with Gasteiger partial charge < -0.3 is 4.42 Å². The van der Waals surface area contributed by atoms with Crippen LogP contribution in [0.4, 0.5) is 8.78 Å². The first kappa shape index (κ1) is 26.0. The van der Waals surface area contributed by atoms with Crippen LogP contribution in [0.3, 0.4) is 0 Å². The van der Waals surface area contributed by atoms with Crippen molar-refractivity contribution in [2.75, 3.05) is 0 Å². The van der Waals surface area contributed by atoms with Gasteiger partial charge in [-0.25, -0.2) is 8.78 Å². The molecule has 0 bridgehead atoms. The summed E-state index contributed by atoms with van der Waals surface area (Å²) in [7, 11) is 5.26. The van der Waals surface area contributed by atoms with Gasteiger partial charge in [-0.15, -0.1) is 0 Å². The summed E-state index contributed by atoms with van der Waals surface area (Å²) in [5, 5.41) is 1.63. The molecular weight excluding hydrogens is 521 g/mol. The Hall–Kier alpha value is -4.90.